The number of hydrogen-bond donors (Lipinski definition) is 2. The second-order valence-corrected chi connectivity index (χ2v) is 5.86. The van der Waals surface area contributed by atoms with E-state index in [2.05, 4.69) is 14.9 Å². The molecule has 0 saturated carbocycles. The molecule has 0 aliphatic rings. The summed E-state index contributed by atoms with van der Waals surface area (Å²) in [6, 6.07) is 5.00. The number of anilines is 1. The highest BCUT2D eigenvalue weighted by Crippen LogP contribution is 2.18. The van der Waals surface area contributed by atoms with Gasteiger partial charge in [-0.1, -0.05) is 11.6 Å². The van der Waals surface area contributed by atoms with Gasteiger partial charge in [-0.3, -0.25) is 4.72 Å². The molecule has 2 rings (SSSR count). The summed E-state index contributed by atoms with van der Waals surface area (Å²) < 4.78 is 39.4. The molecule has 0 fully saturated rings. The SMILES string of the molecule is O=C(O)c1cc(S(=O)(=O)Nc2ccc(Cl)nn2)ccc1F. The number of aromatic nitrogens is 2. The van der Waals surface area contributed by atoms with Crippen molar-refractivity contribution in [3.05, 3.63) is 46.9 Å². The first-order valence-corrected chi connectivity index (χ1v) is 7.20. The zero-order valence-electron chi connectivity index (χ0n) is 10.1. The average Bonchev–Trinajstić information content (AvgIpc) is 2.41. The van der Waals surface area contributed by atoms with Crippen LogP contribution in [0.3, 0.4) is 0 Å². The van der Waals surface area contributed by atoms with Gasteiger partial charge in [-0.15, -0.1) is 10.2 Å². The molecular weight excluding hydrogens is 325 g/mol. The molecule has 10 heteroatoms. The first kappa shape index (κ1) is 15.1. The Hall–Kier alpha value is -2.26. The summed E-state index contributed by atoms with van der Waals surface area (Å²) in [4.78, 5) is 10.4. The normalized spacial score (nSPS) is 11.1. The molecular formula is C11H7ClFN3O4S. The maximum absolute atomic E-state index is 13.2. The van der Waals surface area contributed by atoms with Gasteiger partial charge in [0, 0.05) is 0 Å². The van der Waals surface area contributed by atoms with Crippen molar-refractivity contribution in [1.29, 1.82) is 0 Å². The molecule has 0 bridgehead atoms. The van der Waals surface area contributed by atoms with E-state index in [1.165, 1.54) is 12.1 Å². The number of aromatic carboxylic acids is 1. The van der Waals surface area contributed by atoms with E-state index in [0.29, 0.717) is 6.07 Å². The fourth-order valence-electron chi connectivity index (χ4n) is 1.40. The number of rotatable bonds is 4. The molecule has 0 aliphatic heterocycles. The fraction of sp³-hybridized carbons (Fsp3) is 0. The maximum Gasteiger partial charge on any atom is 0.338 e. The van der Waals surface area contributed by atoms with Gasteiger partial charge in [0.1, 0.15) is 5.82 Å². The number of hydrogen-bond acceptors (Lipinski definition) is 5. The highest BCUT2D eigenvalue weighted by Gasteiger charge is 2.19. The van der Waals surface area contributed by atoms with Crippen molar-refractivity contribution in [3.8, 4) is 0 Å². The standard InChI is InChI=1S/C11H7ClFN3O4S/c12-9-3-4-10(15-14-9)16-21(19,20)6-1-2-8(13)7(5-6)11(17)18/h1-5H,(H,15,16)(H,17,18). The Balaban J connectivity index is 2.38. The van der Waals surface area contributed by atoms with Crippen LogP contribution in [0.15, 0.2) is 35.2 Å². The minimum absolute atomic E-state index is 0.0768. The van der Waals surface area contributed by atoms with Gasteiger partial charge in [0.05, 0.1) is 10.5 Å². The molecule has 110 valence electrons. The molecule has 2 N–H and O–H groups in total. The van der Waals surface area contributed by atoms with Crippen LogP contribution in [-0.2, 0) is 10.0 Å². The van der Waals surface area contributed by atoms with E-state index >= 15 is 0 Å². The molecule has 1 aromatic carbocycles. The second kappa shape index (κ2) is 5.62. The van der Waals surface area contributed by atoms with Gasteiger partial charge >= 0.3 is 5.97 Å². The lowest BCUT2D eigenvalue weighted by Gasteiger charge is -2.07. The average molecular weight is 332 g/mol. The van der Waals surface area contributed by atoms with Gasteiger partial charge in [0.15, 0.2) is 11.0 Å². The molecule has 0 radical (unpaired) electrons. The molecule has 0 atom stereocenters. The molecule has 0 amide bonds. The fourth-order valence-corrected chi connectivity index (χ4v) is 2.53. The third-order valence-electron chi connectivity index (χ3n) is 2.35. The Morgan fingerprint density at radius 3 is 2.52 bits per heavy atom. The smallest absolute Gasteiger partial charge is 0.338 e. The zero-order chi connectivity index (χ0) is 15.6. The second-order valence-electron chi connectivity index (χ2n) is 3.79. The highest BCUT2D eigenvalue weighted by molar-refractivity contribution is 7.92. The van der Waals surface area contributed by atoms with E-state index in [9.17, 15) is 17.6 Å². The van der Waals surface area contributed by atoms with E-state index in [4.69, 9.17) is 16.7 Å². The van der Waals surface area contributed by atoms with E-state index in [0.717, 1.165) is 12.1 Å². The molecule has 0 aliphatic carbocycles. The van der Waals surface area contributed by atoms with Gasteiger partial charge in [0.2, 0.25) is 0 Å². The van der Waals surface area contributed by atoms with Crippen LogP contribution in [0.25, 0.3) is 0 Å². The van der Waals surface area contributed by atoms with Crippen LogP contribution in [0, 0.1) is 5.82 Å². The summed E-state index contributed by atoms with van der Waals surface area (Å²) in [5, 5.41) is 15.8. The Bertz CT molecular complexity index is 796. The van der Waals surface area contributed by atoms with Crippen molar-refractivity contribution in [2.24, 2.45) is 0 Å². The van der Waals surface area contributed by atoms with Crippen LogP contribution in [0.4, 0.5) is 10.2 Å². The summed E-state index contributed by atoms with van der Waals surface area (Å²) in [5.74, 6) is -2.72. The Morgan fingerprint density at radius 1 is 1.24 bits per heavy atom. The van der Waals surface area contributed by atoms with Gasteiger partial charge in [0.25, 0.3) is 10.0 Å². The first-order valence-electron chi connectivity index (χ1n) is 5.34. The molecule has 2 aromatic rings. The van der Waals surface area contributed by atoms with Gasteiger partial charge in [-0.2, -0.15) is 0 Å². The topological polar surface area (TPSA) is 109 Å². The predicted octanol–water partition coefficient (Wildman–Crippen LogP) is 1.77. The summed E-state index contributed by atoms with van der Waals surface area (Å²) in [5.41, 5.74) is -0.750. The first-order chi connectivity index (χ1) is 9.79. The lowest BCUT2D eigenvalue weighted by molar-refractivity contribution is 0.0691. The van der Waals surface area contributed by atoms with Crippen LogP contribution < -0.4 is 4.72 Å². The third kappa shape index (κ3) is 3.44. The van der Waals surface area contributed by atoms with Crippen LogP contribution in [0.2, 0.25) is 5.15 Å². The summed E-state index contributed by atoms with van der Waals surface area (Å²) >= 11 is 5.52. The number of carboxylic acid groups (broad SMARTS) is 1. The minimum atomic E-state index is -4.12. The summed E-state index contributed by atoms with van der Waals surface area (Å²) in [7, 11) is -4.12. The van der Waals surface area contributed by atoms with Gasteiger partial charge < -0.3 is 5.11 Å². The number of nitrogens with zero attached hydrogens (tertiary/aromatic N) is 2. The monoisotopic (exact) mass is 331 g/mol. The minimum Gasteiger partial charge on any atom is -0.478 e. The molecule has 1 aromatic heterocycles. The number of nitrogens with one attached hydrogen (secondary N) is 1. The van der Waals surface area contributed by atoms with Gasteiger partial charge in [-0.25, -0.2) is 17.6 Å². The Kier molecular flexibility index (Phi) is 4.05. The van der Waals surface area contributed by atoms with Gasteiger partial charge in [-0.05, 0) is 30.3 Å². The number of halogens is 2. The van der Waals surface area contributed by atoms with Crippen molar-refractivity contribution < 1.29 is 22.7 Å². The third-order valence-corrected chi connectivity index (χ3v) is 3.90. The van der Waals surface area contributed by atoms with Crippen molar-refractivity contribution >= 4 is 33.4 Å². The predicted molar refractivity (Wildman–Crippen MR) is 71.2 cm³/mol. The molecule has 0 spiro atoms. The maximum atomic E-state index is 13.2. The van der Waals surface area contributed by atoms with E-state index in [1.54, 1.807) is 0 Å². The van der Waals surface area contributed by atoms with Crippen molar-refractivity contribution in [2.75, 3.05) is 4.72 Å². The Labute approximate surface area is 123 Å². The van der Waals surface area contributed by atoms with E-state index in [1.807, 2.05) is 0 Å². The molecule has 1 heterocycles. The number of sulfonamides is 1. The lowest BCUT2D eigenvalue weighted by Crippen LogP contribution is -2.15. The molecule has 0 unspecified atom stereocenters. The van der Waals surface area contributed by atoms with E-state index < -0.39 is 32.3 Å². The van der Waals surface area contributed by atoms with Crippen LogP contribution in [0.1, 0.15) is 10.4 Å². The number of carbonyl (C=O) groups is 1. The van der Waals surface area contributed by atoms with Crippen LogP contribution in [0.5, 0.6) is 0 Å². The van der Waals surface area contributed by atoms with Crippen molar-refractivity contribution in [3.63, 3.8) is 0 Å². The lowest BCUT2D eigenvalue weighted by atomic mass is 10.2. The molecule has 0 saturated heterocycles. The number of benzene rings is 1. The van der Waals surface area contributed by atoms with E-state index in [-0.39, 0.29) is 11.0 Å². The zero-order valence-corrected chi connectivity index (χ0v) is 11.7. The summed E-state index contributed by atoms with van der Waals surface area (Å²) in [6.07, 6.45) is 0. The van der Waals surface area contributed by atoms with Crippen LogP contribution >= 0.6 is 11.6 Å². The largest absolute Gasteiger partial charge is 0.478 e. The number of carboxylic acids is 1. The molecule has 21 heavy (non-hydrogen) atoms. The van der Waals surface area contributed by atoms with Crippen molar-refractivity contribution in [2.45, 2.75) is 4.90 Å². The quantitative estimate of drug-likeness (QED) is 0.883. The highest BCUT2D eigenvalue weighted by atomic mass is 35.5. The Morgan fingerprint density at radius 2 is 1.95 bits per heavy atom. The summed E-state index contributed by atoms with van der Waals surface area (Å²) in [6.45, 7) is 0. The molecule has 7 nitrogen and oxygen atoms in total. The van der Waals surface area contributed by atoms with Crippen LogP contribution in [-0.4, -0.2) is 29.7 Å². The van der Waals surface area contributed by atoms with Crippen molar-refractivity contribution in [1.82, 2.24) is 10.2 Å².